The van der Waals surface area contributed by atoms with Gasteiger partial charge in [0.05, 0.1) is 10.5 Å². The molecule has 0 aliphatic heterocycles. The lowest BCUT2D eigenvalue weighted by Gasteiger charge is -2.10. The maximum atomic E-state index is 12.2. The summed E-state index contributed by atoms with van der Waals surface area (Å²) >= 11 is 6.41. The molecule has 0 saturated heterocycles. The van der Waals surface area contributed by atoms with Gasteiger partial charge in [-0.1, -0.05) is 22.5 Å². The third kappa shape index (κ3) is 4.64. The van der Waals surface area contributed by atoms with Gasteiger partial charge >= 0.3 is 0 Å². The van der Waals surface area contributed by atoms with Gasteiger partial charge in [0.25, 0.3) is 5.91 Å². The minimum Gasteiger partial charge on any atom is -0.347 e. The van der Waals surface area contributed by atoms with Gasteiger partial charge in [0, 0.05) is 21.5 Å². The zero-order chi connectivity index (χ0) is 15.6. The van der Waals surface area contributed by atoms with E-state index in [1.165, 1.54) is 12.1 Å². The lowest BCUT2D eigenvalue weighted by atomic mass is 10.2. The van der Waals surface area contributed by atoms with Crippen LogP contribution in [0.25, 0.3) is 0 Å². The van der Waals surface area contributed by atoms with Gasteiger partial charge in [-0.25, -0.2) is 13.1 Å². The van der Waals surface area contributed by atoms with Crippen molar-refractivity contribution in [3.8, 4) is 0 Å². The van der Waals surface area contributed by atoms with E-state index in [1.54, 1.807) is 6.07 Å². The molecule has 1 aromatic carbocycles. The number of sulfonamides is 1. The molecule has 0 unspecified atom stereocenters. The molecule has 0 atom stereocenters. The molecule has 1 amide bonds. The van der Waals surface area contributed by atoms with Crippen molar-refractivity contribution in [1.82, 2.24) is 10.0 Å². The Bertz CT molecular complexity index is 685. The van der Waals surface area contributed by atoms with Gasteiger partial charge in [0.2, 0.25) is 10.0 Å². The molecule has 1 aliphatic carbocycles. The van der Waals surface area contributed by atoms with Gasteiger partial charge in [-0.3, -0.25) is 4.79 Å². The van der Waals surface area contributed by atoms with Crippen LogP contribution in [0.1, 0.15) is 23.2 Å². The van der Waals surface area contributed by atoms with E-state index < -0.39 is 10.0 Å². The summed E-state index contributed by atoms with van der Waals surface area (Å²) in [7, 11) is -3.58. The quantitative estimate of drug-likeness (QED) is 0.717. The first-order valence-corrected chi connectivity index (χ1v) is 9.30. The van der Waals surface area contributed by atoms with Crippen molar-refractivity contribution in [2.45, 2.75) is 23.8 Å². The number of carbonyl (C=O) groups excluding carboxylic acids is 1. The topological polar surface area (TPSA) is 75.3 Å². The summed E-state index contributed by atoms with van der Waals surface area (Å²) < 4.78 is 28.1. The second-order valence-corrected chi connectivity index (χ2v) is 8.43. The molecule has 0 heterocycles. The van der Waals surface area contributed by atoms with E-state index in [-0.39, 0.29) is 29.0 Å². The highest BCUT2D eigenvalue weighted by molar-refractivity contribution is 9.11. The fraction of sp³-hybridized carbons (Fsp3) is 0.308. The molecule has 0 bridgehead atoms. The second kappa shape index (κ2) is 6.60. The Kier molecular flexibility index (Phi) is 5.24. The lowest BCUT2D eigenvalue weighted by molar-refractivity contribution is 0.0957. The third-order valence-electron chi connectivity index (χ3n) is 2.83. The fourth-order valence-corrected chi connectivity index (χ4v) is 3.50. The second-order valence-electron chi connectivity index (χ2n) is 4.74. The molecule has 5 nitrogen and oxygen atoms in total. The highest BCUT2D eigenvalue weighted by Gasteiger charge is 2.28. The normalized spacial score (nSPS) is 14.8. The van der Waals surface area contributed by atoms with Crippen LogP contribution in [0.15, 0.2) is 38.6 Å². The molecule has 0 radical (unpaired) electrons. The minimum atomic E-state index is -3.58. The Balaban J connectivity index is 2.24. The Labute approximate surface area is 140 Å². The fourth-order valence-electron chi connectivity index (χ4n) is 1.61. The van der Waals surface area contributed by atoms with Crippen LogP contribution in [0.3, 0.4) is 0 Å². The number of carbonyl (C=O) groups is 1. The highest BCUT2D eigenvalue weighted by Crippen LogP contribution is 2.25. The van der Waals surface area contributed by atoms with Gasteiger partial charge in [0.1, 0.15) is 0 Å². The number of hydrogen-bond acceptors (Lipinski definition) is 3. The zero-order valence-electron chi connectivity index (χ0n) is 11.0. The van der Waals surface area contributed by atoms with Crippen molar-refractivity contribution in [2.24, 2.45) is 0 Å². The number of amides is 1. The van der Waals surface area contributed by atoms with Crippen LogP contribution in [0.4, 0.5) is 0 Å². The number of halogens is 2. The SMILES string of the molecule is C=C(Br)CNC(=O)c1cc(S(=O)(=O)NC2CC2)ccc1Br. The van der Waals surface area contributed by atoms with Crippen molar-refractivity contribution in [1.29, 1.82) is 0 Å². The van der Waals surface area contributed by atoms with Gasteiger partial charge in [-0.2, -0.15) is 0 Å². The summed E-state index contributed by atoms with van der Waals surface area (Å²) in [6.45, 7) is 3.89. The monoisotopic (exact) mass is 436 g/mol. The largest absolute Gasteiger partial charge is 0.347 e. The molecule has 1 saturated carbocycles. The van der Waals surface area contributed by atoms with Crippen molar-refractivity contribution >= 4 is 47.8 Å². The summed E-state index contributed by atoms with van der Waals surface area (Å²) in [5.41, 5.74) is 0.266. The van der Waals surface area contributed by atoms with E-state index in [2.05, 4.69) is 48.5 Å². The average molecular weight is 438 g/mol. The van der Waals surface area contributed by atoms with E-state index in [4.69, 9.17) is 0 Å². The molecule has 2 N–H and O–H groups in total. The lowest BCUT2D eigenvalue weighted by Crippen LogP contribution is -2.27. The summed E-state index contributed by atoms with van der Waals surface area (Å²) in [6, 6.07) is 4.41. The van der Waals surface area contributed by atoms with Crippen LogP contribution < -0.4 is 10.0 Å². The Morgan fingerprint density at radius 2 is 2.05 bits per heavy atom. The molecule has 2 rings (SSSR count). The van der Waals surface area contributed by atoms with Crippen LogP contribution in [-0.2, 0) is 10.0 Å². The standard InChI is InChI=1S/C13H14Br2N2O3S/c1-8(14)7-16-13(18)11-6-10(4-5-12(11)15)21(19,20)17-9-2-3-9/h4-6,9,17H,1-3,7H2,(H,16,18). The first-order valence-electron chi connectivity index (χ1n) is 6.23. The van der Waals surface area contributed by atoms with Crippen LogP contribution in [-0.4, -0.2) is 26.9 Å². The van der Waals surface area contributed by atoms with E-state index in [1.807, 2.05) is 0 Å². The Hall–Kier alpha value is -0.700. The number of hydrogen-bond donors (Lipinski definition) is 2. The molecule has 0 spiro atoms. The van der Waals surface area contributed by atoms with Crippen molar-refractivity contribution in [2.75, 3.05) is 6.54 Å². The van der Waals surface area contributed by atoms with Crippen LogP contribution in [0.2, 0.25) is 0 Å². The van der Waals surface area contributed by atoms with Crippen molar-refractivity contribution in [3.63, 3.8) is 0 Å². The predicted octanol–water partition coefficient (Wildman–Crippen LogP) is 2.53. The Morgan fingerprint density at radius 1 is 1.38 bits per heavy atom. The average Bonchev–Trinajstić information content (AvgIpc) is 3.19. The number of benzene rings is 1. The van der Waals surface area contributed by atoms with Gasteiger partial charge < -0.3 is 5.32 Å². The van der Waals surface area contributed by atoms with E-state index in [0.29, 0.717) is 8.96 Å². The molecule has 0 aromatic heterocycles. The van der Waals surface area contributed by atoms with Gasteiger partial charge in [0.15, 0.2) is 0 Å². The van der Waals surface area contributed by atoms with Gasteiger partial charge in [-0.15, -0.1) is 0 Å². The predicted molar refractivity (Wildman–Crippen MR) is 87.9 cm³/mol. The smallest absolute Gasteiger partial charge is 0.252 e. The summed E-state index contributed by atoms with van der Waals surface area (Å²) in [4.78, 5) is 12.1. The molecule has 1 aliphatic rings. The van der Waals surface area contributed by atoms with Crippen molar-refractivity contribution < 1.29 is 13.2 Å². The number of nitrogens with one attached hydrogen (secondary N) is 2. The molecule has 1 aromatic rings. The third-order valence-corrected chi connectivity index (χ3v) is 5.32. The van der Waals surface area contributed by atoms with Crippen LogP contribution in [0.5, 0.6) is 0 Å². The minimum absolute atomic E-state index is 0.0210. The van der Waals surface area contributed by atoms with Crippen LogP contribution >= 0.6 is 31.9 Å². The highest BCUT2D eigenvalue weighted by atomic mass is 79.9. The number of rotatable bonds is 6. The molecule has 114 valence electrons. The maximum Gasteiger partial charge on any atom is 0.252 e. The first kappa shape index (κ1) is 16.7. The van der Waals surface area contributed by atoms with E-state index in [0.717, 1.165) is 12.8 Å². The van der Waals surface area contributed by atoms with Crippen molar-refractivity contribution in [3.05, 3.63) is 39.3 Å². The zero-order valence-corrected chi connectivity index (χ0v) is 15.0. The molecular formula is C13H14Br2N2O3S. The van der Waals surface area contributed by atoms with E-state index >= 15 is 0 Å². The molecule has 8 heteroatoms. The molecule has 21 heavy (non-hydrogen) atoms. The van der Waals surface area contributed by atoms with Crippen LogP contribution in [0, 0.1) is 0 Å². The van der Waals surface area contributed by atoms with E-state index in [9.17, 15) is 13.2 Å². The molecular weight excluding hydrogens is 424 g/mol. The Morgan fingerprint density at radius 3 is 2.62 bits per heavy atom. The molecule has 1 fully saturated rings. The first-order chi connectivity index (χ1) is 9.79. The summed E-state index contributed by atoms with van der Waals surface area (Å²) in [5.74, 6) is -0.369. The summed E-state index contributed by atoms with van der Waals surface area (Å²) in [5, 5.41) is 2.64. The summed E-state index contributed by atoms with van der Waals surface area (Å²) in [6.07, 6.45) is 1.72. The van der Waals surface area contributed by atoms with Gasteiger partial charge in [-0.05, 0) is 47.0 Å². The maximum absolute atomic E-state index is 12.2.